The first kappa shape index (κ1) is 21.9. The van der Waals surface area contributed by atoms with Crippen molar-refractivity contribution in [3.63, 3.8) is 0 Å². The Morgan fingerprint density at radius 2 is 1.09 bits per heavy atom. The minimum atomic E-state index is -0.00691. The molecule has 1 heteroatoms. The Morgan fingerprint density at radius 3 is 1.83 bits per heavy atom. The van der Waals surface area contributed by atoms with E-state index in [1.807, 2.05) is 0 Å². The molecule has 0 amide bonds. The molecule has 0 N–H and O–H groups in total. The number of nitrogens with zero attached hydrogens (tertiary/aromatic N) is 1. The maximum atomic E-state index is 2.49. The molecule has 174 valence electrons. The van der Waals surface area contributed by atoms with Crippen molar-refractivity contribution in [2.45, 2.75) is 52.5 Å². The molecule has 1 aromatic heterocycles. The van der Waals surface area contributed by atoms with Gasteiger partial charge in [-0.25, -0.2) is 0 Å². The number of benzene rings is 5. The van der Waals surface area contributed by atoms with Gasteiger partial charge >= 0.3 is 0 Å². The summed E-state index contributed by atoms with van der Waals surface area (Å²) in [6, 6.07) is 34.2. The SMILES string of the molecule is CC(C)(C)c1ccc2cc3ccc(-c4ccc5c6ccccc6n(C(C)(C)C)c5c4)cc3cc2c1. The van der Waals surface area contributed by atoms with E-state index < -0.39 is 0 Å². The molecule has 0 saturated heterocycles. The largest absolute Gasteiger partial charge is 0.335 e. The van der Waals surface area contributed by atoms with Crippen LogP contribution in [0.25, 0.3) is 54.5 Å². The molecular weight excluding hydrogens is 422 g/mol. The fourth-order valence-corrected chi connectivity index (χ4v) is 5.52. The monoisotopic (exact) mass is 455 g/mol. The third-order valence-electron chi connectivity index (χ3n) is 7.34. The topological polar surface area (TPSA) is 4.93 Å². The lowest BCUT2D eigenvalue weighted by Gasteiger charge is -2.24. The lowest BCUT2D eigenvalue weighted by molar-refractivity contribution is 0.423. The Bertz CT molecular complexity index is 1750. The zero-order valence-electron chi connectivity index (χ0n) is 21.6. The maximum absolute atomic E-state index is 2.49. The van der Waals surface area contributed by atoms with Crippen molar-refractivity contribution in [3.05, 3.63) is 96.6 Å². The Hall–Kier alpha value is -3.58. The predicted octanol–water partition coefficient (Wildman–Crippen LogP) is 9.82. The van der Waals surface area contributed by atoms with Gasteiger partial charge in [0, 0.05) is 21.8 Å². The van der Waals surface area contributed by atoms with Crippen LogP contribution in [0.1, 0.15) is 47.1 Å². The minimum Gasteiger partial charge on any atom is -0.335 e. The molecule has 5 aromatic carbocycles. The second-order valence-corrected chi connectivity index (χ2v) is 12.0. The van der Waals surface area contributed by atoms with Crippen molar-refractivity contribution in [1.82, 2.24) is 4.57 Å². The number of para-hydroxylation sites is 1. The highest BCUT2D eigenvalue weighted by atomic mass is 15.0. The molecule has 1 nitrogen and oxygen atoms in total. The van der Waals surface area contributed by atoms with Gasteiger partial charge in [0.05, 0.1) is 5.52 Å². The Balaban J connectivity index is 1.54. The molecule has 35 heavy (non-hydrogen) atoms. The number of hydrogen-bond acceptors (Lipinski definition) is 0. The van der Waals surface area contributed by atoms with Gasteiger partial charge in [0.2, 0.25) is 0 Å². The second kappa shape index (κ2) is 7.46. The van der Waals surface area contributed by atoms with Crippen molar-refractivity contribution in [2.24, 2.45) is 0 Å². The van der Waals surface area contributed by atoms with Crippen LogP contribution in [0.3, 0.4) is 0 Å². The Labute approximate surface area is 208 Å². The van der Waals surface area contributed by atoms with Crippen LogP contribution in [0.15, 0.2) is 91.0 Å². The van der Waals surface area contributed by atoms with Gasteiger partial charge in [-0.15, -0.1) is 0 Å². The summed E-state index contributed by atoms with van der Waals surface area (Å²) in [5.74, 6) is 0. The Kier molecular flexibility index (Phi) is 4.67. The lowest BCUT2D eigenvalue weighted by Crippen LogP contribution is -2.21. The first-order chi connectivity index (χ1) is 16.6. The molecule has 0 bridgehead atoms. The summed E-state index contributed by atoms with van der Waals surface area (Å²) in [5, 5.41) is 7.83. The average molecular weight is 456 g/mol. The van der Waals surface area contributed by atoms with Crippen molar-refractivity contribution in [3.8, 4) is 11.1 Å². The molecule has 0 fully saturated rings. The second-order valence-electron chi connectivity index (χ2n) is 12.0. The van der Waals surface area contributed by atoms with Gasteiger partial charge in [-0.1, -0.05) is 81.4 Å². The lowest BCUT2D eigenvalue weighted by atomic mass is 9.85. The zero-order valence-corrected chi connectivity index (χ0v) is 21.6. The molecule has 0 aliphatic heterocycles. The molecule has 1 heterocycles. The van der Waals surface area contributed by atoms with Crippen LogP contribution in [0, 0.1) is 0 Å². The molecule has 0 atom stereocenters. The summed E-state index contributed by atoms with van der Waals surface area (Å²) in [6.45, 7) is 13.7. The van der Waals surface area contributed by atoms with Gasteiger partial charge in [0.15, 0.2) is 0 Å². The van der Waals surface area contributed by atoms with E-state index in [0.717, 1.165) is 0 Å². The van der Waals surface area contributed by atoms with Crippen molar-refractivity contribution < 1.29 is 0 Å². The summed E-state index contributed by atoms with van der Waals surface area (Å²) in [6.07, 6.45) is 0. The predicted molar refractivity (Wildman–Crippen MR) is 154 cm³/mol. The van der Waals surface area contributed by atoms with Crippen molar-refractivity contribution >= 4 is 43.4 Å². The van der Waals surface area contributed by atoms with Gasteiger partial charge < -0.3 is 4.57 Å². The highest BCUT2D eigenvalue weighted by molar-refractivity contribution is 6.09. The summed E-state index contributed by atoms with van der Waals surface area (Å²) >= 11 is 0. The van der Waals surface area contributed by atoms with Gasteiger partial charge in [0.25, 0.3) is 0 Å². The van der Waals surface area contributed by atoms with Gasteiger partial charge in [-0.2, -0.15) is 0 Å². The summed E-state index contributed by atoms with van der Waals surface area (Å²) in [4.78, 5) is 0. The third-order valence-corrected chi connectivity index (χ3v) is 7.34. The van der Waals surface area contributed by atoms with Crippen LogP contribution in [-0.4, -0.2) is 4.57 Å². The first-order valence-electron chi connectivity index (χ1n) is 12.6. The van der Waals surface area contributed by atoms with Crippen LogP contribution in [0.2, 0.25) is 0 Å². The van der Waals surface area contributed by atoms with Crippen LogP contribution in [0.5, 0.6) is 0 Å². The highest BCUT2D eigenvalue weighted by Crippen LogP contribution is 2.37. The number of fused-ring (bicyclic) bond motifs is 5. The normalized spacial score (nSPS) is 12.9. The minimum absolute atomic E-state index is 0.00691. The van der Waals surface area contributed by atoms with Crippen molar-refractivity contribution in [2.75, 3.05) is 0 Å². The Morgan fingerprint density at radius 1 is 0.486 bits per heavy atom. The molecule has 0 aliphatic rings. The van der Waals surface area contributed by atoms with E-state index in [2.05, 4.69) is 137 Å². The van der Waals surface area contributed by atoms with E-state index >= 15 is 0 Å². The molecule has 0 saturated carbocycles. The standard InChI is InChI=1S/C34H33N/c1-33(2,3)28-15-13-24-17-23-12-11-22(18-26(23)19-27(24)20-28)25-14-16-30-29-9-7-8-10-31(29)35(32(30)21-25)34(4,5)6/h7-21H,1-6H3. The number of aromatic nitrogens is 1. The third kappa shape index (κ3) is 3.62. The number of hydrogen-bond donors (Lipinski definition) is 0. The quantitative estimate of drug-likeness (QED) is 0.217. The van der Waals surface area contributed by atoms with E-state index in [0.29, 0.717) is 0 Å². The molecule has 6 rings (SSSR count). The van der Waals surface area contributed by atoms with Gasteiger partial charge in [0.1, 0.15) is 0 Å². The fraction of sp³-hybridized carbons (Fsp3) is 0.235. The molecular formula is C34H33N. The van der Waals surface area contributed by atoms with E-state index in [9.17, 15) is 0 Å². The number of rotatable bonds is 1. The van der Waals surface area contributed by atoms with Crippen LogP contribution < -0.4 is 0 Å². The highest BCUT2D eigenvalue weighted by Gasteiger charge is 2.20. The smallest absolute Gasteiger partial charge is 0.0502 e. The average Bonchev–Trinajstić information content (AvgIpc) is 3.15. The van der Waals surface area contributed by atoms with E-state index in [-0.39, 0.29) is 11.0 Å². The van der Waals surface area contributed by atoms with Crippen molar-refractivity contribution in [1.29, 1.82) is 0 Å². The summed E-state index contributed by atoms with van der Waals surface area (Å²) < 4.78 is 2.49. The fourth-order valence-electron chi connectivity index (χ4n) is 5.52. The van der Waals surface area contributed by atoms with Gasteiger partial charge in [-0.05, 0) is 94.8 Å². The summed E-state index contributed by atoms with van der Waals surface area (Å²) in [7, 11) is 0. The molecule has 6 aromatic rings. The van der Waals surface area contributed by atoms with Crippen LogP contribution >= 0.6 is 0 Å². The molecule has 0 spiro atoms. The van der Waals surface area contributed by atoms with E-state index in [1.165, 1.54) is 60.0 Å². The van der Waals surface area contributed by atoms with E-state index in [4.69, 9.17) is 0 Å². The first-order valence-corrected chi connectivity index (χ1v) is 12.6. The summed E-state index contributed by atoms with van der Waals surface area (Å²) in [5.41, 5.74) is 6.63. The van der Waals surface area contributed by atoms with Crippen LogP contribution in [0.4, 0.5) is 0 Å². The van der Waals surface area contributed by atoms with Gasteiger partial charge in [-0.3, -0.25) is 0 Å². The van der Waals surface area contributed by atoms with Crippen LogP contribution in [-0.2, 0) is 11.0 Å². The zero-order chi connectivity index (χ0) is 24.5. The maximum Gasteiger partial charge on any atom is 0.0502 e. The molecule has 0 radical (unpaired) electrons. The molecule has 0 unspecified atom stereocenters. The van der Waals surface area contributed by atoms with E-state index in [1.54, 1.807) is 0 Å². The molecule has 0 aliphatic carbocycles.